The van der Waals surface area contributed by atoms with Crippen LogP contribution in [0, 0.1) is 0 Å². The van der Waals surface area contributed by atoms with Crippen LogP contribution in [0.5, 0.6) is 0 Å². The number of rotatable bonds is 10. The van der Waals surface area contributed by atoms with Gasteiger partial charge in [0.2, 0.25) is 0 Å². The molecular formula is C18H32. The molecular weight excluding hydrogens is 216 g/mol. The molecule has 0 aliphatic rings. The summed E-state index contributed by atoms with van der Waals surface area (Å²) >= 11 is 0. The monoisotopic (exact) mass is 248 g/mol. The number of allylic oxidation sites excluding steroid dienone is 4. The lowest BCUT2D eigenvalue weighted by molar-refractivity contribution is 0.763. The van der Waals surface area contributed by atoms with Gasteiger partial charge in [-0.25, -0.2) is 0 Å². The third-order valence-electron chi connectivity index (χ3n) is 3.54. The van der Waals surface area contributed by atoms with Crippen LogP contribution in [0.25, 0.3) is 0 Å². The Morgan fingerprint density at radius 1 is 0.833 bits per heavy atom. The first-order valence-electron chi connectivity index (χ1n) is 7.55. The third-order valence-corrected chi connectivity index (χ3v) is 3.54. The van der Waals surface area contributed by atoms with Crippen LogP contribution in [0.1, 0.15) is 79.1 Å². The molecule has 0 radical (unpaired) electrons. The van der Waals surface area contributed by atoms with E-state index in [1.54, 1.807) is 11.1 Å². The average Bonchev–Trinajstić information content (AvgIpc) is 2.35. The van der Waals surface area contributed by atoms with E-state index >= 15 is 0 Å². The third kappa shape index (κ3) is 7.53. The van der Waals surface area contributed by atoms with Gasteiger partial charge >= 0.3 is 0 Å². The maximum absolute atomic E-state index is 4.22. The number of hydrogen-bond acceptors (Lipinski definition) is 0. The Morgan fingerprint density at radius 2 is 1.44 bits per heavy atom. The van der Waals surface area contributed by atoms with Gasteiger partial charge in [-0.2, -0.15) is 0 Å². The Kier molecular flexibility index (Phi) is 9.73. The summed E-state index contributed by atoms with van der Waals surface area (Å²) in [6.45, 7) is 17.4. The minimum Gasteiger partial charge on any atom is -0.0995 e. The molecule has 0 saturated carbocycles. The molecule has 0 aromatic rings. The summed E-state index contributed by atoms with van der Waals surface area (Å²) in [5, 5.41) is 0. The largest absolute Gasteiger partial charge is 0.0995 e. The molecule has 0 fully saturated rings. The maximum Gasteiger partial charge on any atom is -0.0105 e. The number of unbranched alkanes of at least 4 members (excludes halogenated alkanes) is 1. The van der Waals surface area contributed by atoms with E-state index in [0.29, 0.717) is 0 Å². The van der Waals surface area contributed by atoms with Crippen molar-refractivity contribution in [2.45, 2.75) is 79.1 Å². The predicted octanol–water partition coefficient (Wildman–Crippen LogP) is 6.60. The van der Waals surface area contributed by atoms with Crippen LogP contribution in [-0.2, 0) is 0 Å². The van der Waals surface area contributed by atoms with Crippen molar-refractivity contribution >= 4 is 0 Å². The van der Waals surface area contributed by atoms with Crippen molar-refractivity contribution in [3.8, 4) is 0 Å². The van der Waals surface area contributed by atoms with Gasteiger partial charge in [0, 0.05) is 0 Å². The average molecular weight is 248 g/mol. The molecule has 0 spiro atoms. The molecule has 0 amide bonds. The lowest BCUT2D eigenvalue weighted by Gasteiger charge is -2.15. The second-order valence-corrected chi connectivity index (χ2v) is 5.44. The lowest BCUT2D eigenvalue weighted by Crippen LogP contribution is -1.95. The molecule has 0 bridgehead atoms. The van der Waals surface area contributed by atoms with Gasteiger partial charge in [0.1, 0.15) is 0 Å². The van der Waals surface area contributed by atoms with Gasteiger partial charge in [-0.1, -0.05) is 69.1 Å². The first-order valence-corrected chi connectivity index (χ1v) is 7.55. The molecule has 104 valence electrons. The van der Waals surface area contributed by atoms with Crippen LogP contribution in [0.2, 0.25) is 0 Å². The molecule has 0 heterocycles. The molecule has 0 aromatic heterocycles. The fourth-order valence-electron chi connectivity index (χ4n) is 2.15. The SMILES string of the molecule is C=C(CC)CC(CC(=C)CCC)=C(C)CCCC. The van der Waals surface area contributed by atoms with E-state index in [2.05, 4.69) is 40.9 Å². The molecule has 0 nitrogen and oxygen atoms in total. The summed E-state index contributed by atoms with van der Waals surface area (Å²) in [5.74, 6) is 0. The quantitative estimate of drug-likeness (QED) is 0.382. The molecule has 18 heavy (non-hydrogen) atoms. The summed E-state index contributed by atoms with van der Waals surface area (Å²) in [6.07, 6.45) is 9.42. The van der Waals surface area contributed by atoms with Crippen LogP contribution < -0.4 is 0 Å². The van der Waals surface area contributed by atoms with Crippen molar-refractivity contribution in [2.24, 2.45) is 0 Å². The molecule has 0 N–H and O–H groups in total. The van der Waals surface area contributed by atoms with Crippen LogP contribution in [0.4, 0.5) is 0 Å². The predicted molar refractivity (Wildman–Crippen MR) is 84.9 cm³/mol. The normalized spacial score (nSPS) is 12.2. The van der Waals surface area contributed by atoms with Crippen molar-refractivity contribution in [1.29, 1.82) is 0 Å². The lowest BCUT2D eigenvalue weighted by atomic mass is 9.91. The van der Waals surface area contributed by atoms with E-state index in [9.17, 15) is 0 Å². The van der Waals surface area contributed by atoms with Gasteiger partial charge in [0.05, 0.1) is 0 Å². The Balaban J connectivity index is 4.69. The summed E-state index contributed by atoms with van der Waals surface area (Å²) in [6, 6.07) is 0. The minimum absolute atomic E-state index is 1.08. The summed E-state index contributed by atoms with van der Waals surface area (Å²) in [4.78, 5) is 0. The highest BCUT2D eigenvalue weighted by Gasteiger charge is 2.06. The van der Waals surface area contributed by atoms with Gasteiger partial charge < -0.3 is 0 Å². The van der Waals surface area contributed by atoms with Crippen molar-refractivity contribution in [2.75, 3.05) is 0 Å². The second kappa shape index (κ2) is 10.2. The van der Waals surface area contributed by atoms with E-state index in [-0.39, 0.29) is 0 Å². The molecule has 0 atom stereocenters. The van der Waals surface area contributed by atoms with Crippen LogP contribution >= 0.6 is 0 Å². The van der Waals surface area contributed by atoms with E-state index in [1.165, 1.54) is 36.8 Å². The summed E-state index contributed by atoms with van der Waals surface area (Å²) in [5.41, 5.74) is 5.88. The molecule has 0 saturated heterocycles. The molecule has 0 aromatic carbocycles. The molecule has 0 unspecified atom stereocenters. The summed E-state index contributed by atoms with van der Waals surface area (Å²) < 4.78 is 0. The summed E-state index contributed by atoms with van der Waals surface area (Å²) in [7, 11) is 0. The van der Waals surface area contributed by atoms with Crippen molar-refractivity contribution in [1.82, 2.24) is 0 Å². The smallest absolute Gasteiger partial charge is 0.0105 e. The first kappa shape index (κ1) is 17.2. The Morgan fingerprint density at radius 3 is 1.94 bits per heavy atom. The van der Waals surface area contributed by atoms with Gasteiger partial charge in [-0.15, -0.1) is 0 Å². The first-order chi connectivity index (χ1) is 8.54. The zero-order valence-electron chi connectivity index (χ0n) is 13.1. The molecule has 0 aliphatic heterocycles. The van der Waals surface area contributed by atoms with E-state index < -0.39 is 0 Å². The van der Waals surface area contributed by atoms with Crippen molar-refractivity contribution < 1.29 is 0 Å². The standard InChI is InChI=1S/C18H32/c1-7-10-12-17(6)18(13-15(4)9-3)14-16(5)11-8-2/h4-5,7-14H2,1-3,6H3. The Bertz CT molecular complexity index is 291. The fraction of sp³-hybridized carbons (Fsp3) is 0.667. The second-order valence-electron chi connectivity index (χ2n) is 5.44. The van der Waals surface area contributed by atoms with Crippen molar-refractivity contribution in [3.05, 3.63) is 35.5 Å². The Hall–Kier alpha value is -0.780. The van der Waals surface area contributed by atoms with E-state index in [0.717, 1.165) is 25.7 Å². The van der Waals surface area contributed by atoms with E-state index in [4.69, 9.17) is 0 Å². The Labute approximate surface area is 115 Å². The highest BCUT2D eigenvalue weighted by Crippen LogP contribution is 2.26. The minimum atomic E-state index is 1.08. The highest BCUT2D eigenvalue weighted by atomic mass is 14.1. The highest BCUT2D eigenvalue weighted by molar-refractivity contribution is 5.24. The van der Waals surface area contributed by atoms with Gasteiger partial charge in [-0.3, -0.25) is 0 Å². The molecule has 0 rings (SSSR count). The van der Waals surface area contributed by atoms with Crippen LogP contribution in [0.15, 0.2) is 35.5 Å². The van der Waals surface area contributed by atoms with Gasteiger partial charge in [0.15, 0.2) is 0 Å². The molecule has 0 aliphatic carbocycles. The maximum atomic E-state index is 4.22. The van der Waals surface area contributed by atoms with Gasteiger partial charge in [0.25, 0.3) is 0 Å². The zero-order chi connectivity index (χ0) is 14.0. The van der Waals surface area contributed by atoms with Gasteiger partial charge in [-0.05, 0) is 45.4 Å². The number of hydrogen-bond donors (Lipinski definition) is 0. The zero-order valence-corrected chi connectivity index (χ0v) is 13.1. The topological polar surface area (TPSA) is 0 Å². The van der Waals surface area contributed by atoms with Crippen LogP contribution in [0.3, 0.4) is 0 Å². The fourth-order valence-corrected chi connectivity index (χ4v) is 2.15. The van der Waals surface area contributed by atoms with Crippen molar-refractivity contribution in [3.63, 3.8) is 0 Å². The molecule has 0 heteroatoms. The van der Waals surface area contributed by atoms with E-state index in [1.807, 2.05) is 0 Å². The van der Waals surface area contributed by atoms with Crippen LogP contribution in [-0.4, -0.2) is 0 Å².